The predicted molar refractivity (Wildman–Crippen MR) is 115 cm³/mol. The number of amides is 1. The van der Waals surface area contributed by atoms with Crippen molar-refractivity contribution in [2.75, 3.05) is 7.11 Å². The Balaban J connectivity index is 1.60. The van der Waals surface area contributed by atoms with Crippen LogP contribution in [0.3, 0.4) is 0 Å². The third-order valence-electron chi connectivity index (χ3n) is 4.46. The topological polar surface area (TPSA) is 55.6 Å². The van der Waals surface area contributed by atoms with Crippen LogP contribution in [-0.2, 0) is 11.0 Å². The zero-order valence-corrected chi connectivity index (χ0v) is 17.0. The van der Waals surface area contributed by atoms with Crippen LogP contribution in [0.25, 0.3) is 11.8 Å². The van der Waals surface area contributed by atoms with Gasteiger partial charge in [-0.25, -0.2) is 4.99 Å². The summed E-state index contributed by atoms with van der Waals surface area (Å²) in [6, 6.07) is 15.5. The van der Waals surface area contributed by atoms with Gasteiger partial charge in [-0.1, -0.05) is 6.07 Å². The van der Waals surface area contributed by atoms with E-state index >= 15 is 0 Å². The Hall–Kier alpha value is -3.46. The molecule has 1 aromatic heterocycles. The van der Waals surface area contributed by atoms with Gasteiger partial charge >= 0.3 is 6.18 Å². The summed E-state index contributed by atoms with van der Waals surface area (Å²) >= 11 is 1.16. The summed E-state index contributed by atoms with van der Waals surface area (Å²) in [5.74, 6) is 0.372. The van der Waals surface area contributed by atoms with Crippen molar-refractivity contribution in [3.8, 4) is 11.4 Å². The SMILES string of the molecule is COc1ccc(N=C2NC(=O)/C(=C\c3cccn3-c3cccc(C(F)(F)F)c3)S2)cc1. The Kier molecular flexibility index (Phi) is 5.60. The molecule has 0 bridgehead atoms. The van der Waals surface area contributed by atoms with Gasteiger partial charge in [0.2, 0.25) is 0 Å². The molecule has 1 aliphatic rings. The second-order valence-electron chi connectivity index (χ2n) is 6.53. The molecule has 0 saturated carbocycles. The summed E-state index contributed by atoms with van der Waals surface area (Å²) in [7, 11) is 1.57. The summed E-state index contributed by atoms with van der Waals surface area (Å²) in [6.07, 6.45) is -1.17. The number of halogens is 3. The third kappa shape index (κ3) is 4.66. The molecule has 5 nitrogen and oxygen atoms in total. The standard InChI is InChI=1S/C22H16F3N3O2S/c1-30-18-9-7-15(8-10-18)26-21-27-20(29)19(31-21)13-17-6-3-11-28(17)16-5-2-4-14(12-16)22(23,24)25/h2-13H,1H3,(H,26,27,29)/b19-13+. The van der Waals surface area contributed by atoms with Gasteiger partial charge in [-0.2, -0.15) is 13.2 Å². The normalized spacial score (nSPS) is 16.7. The van der Waals surface area contributed by atoms with Crippen molar-refractivity contribution in [1.82, 2.24) is 9.88 Å². The van der Waals surface area contributed by atoms with Gasteiger partial charge in [0.05, 0.1) is 23.3 Å². The smallest absolute Gasteiger partial charge is 0.416 e. The molecule has 3 aromatic rings. The van der Waals surface area contributed by atoms with E-state index in [0.29, 0.717) is 32.9 Å². The van der Waals surface area contributed by atoms with E-state index in [2.05, 4.69) is 10.3 Å². The molecule has 1 saturated heterocycles. The first kappa shape index (κ1) is 20.8. The maximum absolute atomic E-state index is 13.1. The van der Waals surface area contributed by atoms with Gasteiger partial charge in [-0.05, 0) is 72.4 Å². The van der Waals surface area contributed by atoms with E-state index in [1.54, 1.807) is 66.4 Å². The van der Waals surface area contributed by atoms with Crippen molar-refractivity contribution in [2.45, 2.75) is 6.18 Å². The molecule has 9 heteroatoms. The number of carbonyl (C=O) groups is 1. The quantitative estimate of drug-likeness (QED) is 0.550. The van der Waals surface area contributed by atoms with Crippen molar-refractivity contribution in [2.24, 2.45) is 4.99 Å². The zero-order chi connectivity index (χ0) is 22.0. The molecule has 1 N–H and O–H groups in total. The predicted octanol–water partition coefficient (Wildman–Crippen LogP) is 5.40. The molecule has 158 valence electrons. The van der Waals surface area contributed by atoms with Gasteiger partial charge in [0.1, 0.15) is 5.75 Å². The van der Waals surface area contributed by atoms with E-state index in [1.165, 1.54) is 6.07 Å². The Morgan fingerprint density at radius 1 is 1.10 bits per heavy atom. The van der Waals surface area contributed by atoms with E-state index in [-0.39, 0.29) is 5.91 Å². The minimum absolute atomic E-state index is 0.325. The fourth-order valence-corrected chi connectivity index (χ4v) is 3.79. The monoisotopic (exact) mass is 443 g/mol. The number of amidine groups is 1. The summed E-state index contributed by atoms with van der Waals surface area (Å²) in [5.41, 5.74) is 0.835. The fraction of sp³-hybridized carbons (Fsp3) is 0.0909. The molecule has 2 heterocycles. The van der Waals surface area contributed by atoms with Gasteiger partial charge < -0.3 is 14.6 Å². The maximum Gasteiger partial charge on any atom is 0.416 e. The number of methoxy groups -OCH3 is 1. The van der Waals surface area contributed by atoms with Crippen LogP contribution < -0.4 is 10.1 Å². The van der Waals surface area contributed by atoms with Crippen molar-refractivity contribution in [3.05, 3.63) is 83.0 Å². The molecule has 1 aliphatic heterocycles. The lowest BCUT2D eigenvalue weighted by molar-refractivity contribution is -0.137. The largest absolute Gasteiger partial charge is 0.497 e. The Morgan fingerprint density at radius 3 is 2.58 bits per heavy atom. The number of carbonyl (C=O) groups excluding carboxylic acids is 1. The molecule has 2 aromatic carbocycles. The van der Waals surface area contributed by atoms with E-state index in [9.17, 15) is 18.0 Å². The first-order valence-electron chi connectivity index (χ1n) is 9.12. The van der Waals surface area contributed by atoms with Crippen LogP contribution in [0.15, 0.2) is 76.8 Å². The average Bonchev–Trinajstić information content (AvgIpc) is 3.35. The lowest BCUT2D eigenvalue weighted by Crippen LogP contribution is -2.19. The first-order valence-corrected chi connectivity index (χ1v) is 9.94. The average molecular weight is 443 g/mol. The molecule has 31 heavy (non-hydrogen) atoms. The number of benzene rings is 2. The molecule has 1 amide bonds. The second kappa shape index (κ2) is 8.35. The number of hydrogen-bond donors (Lipinski definition) is 1. The van der Waals surface area contributed by atoms with Crippen LogP contribution in [0.1, 0.15) is 11.3 Å². The number of ether oxygens (including phenoxy) is 1. The highest BCUT2D eigenvalue weighted by molar-refractivity contribution is 8.18. The van der Waals surface area contributed by atoms with Crippen LogP contribution in [0.4, 0.5) is 18.9 Å². The number of aliphatic imine (C=N–C) groups is 1. The minimum Gasteiger partial charge on any atom is -0.497 e. The number of nitrogens with one attached hydrogen (secondary N) is 1. The minimum atomic E-state index is -4.43. The van der Waals surface area contributed by atoms with Gasteiger partial charge in [0.25, 0.3) is 5.91 Å². The number of aromatic nitrogens is 1. The highest BCUT2D eigenvalue weighted by atomic mass is 32.2. The lowest BCUT2D eigenvalue weighted by Gasteiger charge is -2.11. The molecule has 0 radical (unpaired) electrons. The van der Waals surface area contributed by atoms with Crippen molar-refractivity contribution < 1.29 is 22.7 Å². The van der Waals surface area contributed by atoms with Gasteiger partial charge in [0.15, 0.2) is 5.17 Å². The van der Waals surface area contributed by atoms with Crippen molar-refractivity contribution in [3.63, 3.8) is 0 Å². The number of rotatable bonds is 4. The molecular weight excluding hydrogens is 427 g/mol. The number of alkyl halides is 3. The zero-order valence-electron chi connectivity index (χ0n) is 16.2. The van der Waals surface area contributed by atoms with E-state index in [4.69, 9.17) is 4.74 Å². The first-order chi connectivity index (χ1) is 14.8. The molecule has 0 spiro atoms. The van der Waals surface area contributed by atoms with Crippen molar-refractivity contribution in [1.29, 1.82) is 0 Å². The highest BCUT2D eigenvalue weighted by Gasteiger charge is 2.30. The Labute approximate surface area is 180 Å². The van der Waals surface area contributed by atoms with Crippen LogP contribution in [0.5, 0.6) is 5.75 Å². The third-order valence-corrected chi connectivity index (χ3v) is 5.37. The van der Waals surface area contributed by atoms with Crippen LogP contribution in [-0.4, -0.2) is 22.8 Å². The van der Waals surface area contributed by atoms with Gasteiger partial charge in [0, 0.05) is 17.6 Å². The second-order valence-corrected chi connectivity index (χ2v) is 7.56. The van der Waals surface area contributed by atoms with E-state index in [0.717, 1.165) is 23.9 Å². The molecule has 1 fully saturated rings. The molecule has 0 atom stereocenters. The van der Waals surface area contributed by atoms with Crippen LogP contribution in [0, 0.1) is 0 Å². The molecule has 0 unspecified atom stereocenters. The van der Waals surface area contributed by atoms with Crippen LogP contribution in [0.2, 0.25) is 0 Å². The molecule has 0 aliphatic carbocycles. The summed E-state index contributed by atoms with van der Waals surface area (Å²) in [5, 5.41) is 3.11. The lowest BCUT2D eigenvalue weighted by atomic mass is 10.2. The number of nitrogens with zero attached hydrogens (tertiary/aromatic N) is 2. The van der Waals surface area contributed by atoms with E-state index < -0.39 is 11.7 Å². The van der Waals surface area contributed by atoms with E-state index in [1.807, 2.05) is 0 Å². The molecule has 4 rings (SSSR count). The fourth-order valence-electron chi connectivity index (χ4n) is 2.97. The highest BCUT2D eigenvalue weighted by Crippen LogP contribution is 2.32. The van der Waals surface area contributed by atoms with Crippen molar-refractivity contribution >= 4 is 34.6 Å². The summed E-state index contributed by atoms with van der Waals surface area (Å²) in [4.78, 5) is 17.2. The number of thioether (sulfide) groups is 1. The number of hydrogen-bond acceptors (Lipinski definition) is 4. The summed E-state index contributed by atoms with van der Waals surface area (Å²) in [6.45, 7) is 0. The van der Waals surface area contributed by atoms with Crippen LogP contribution >= 0.6 is 11.8 Å². The summed E-state index contributed by atoms with van der Waals surface area (Å²) < 4.78 is 45.9. The molecular formula is C22H16F3N3O2S. The Bertz CT molecular complexity index is 1180. The van der Waals surface area contributed by atoms with Gasteiger partial charge in [-0.3, -0.25) is 4.79 Å². The Morgan fingerprint density at radius 2 is 1.87 bits per heavy atom. The maximum atomic E-state index is 13.1. The van der Waals surface area contributed by atoms with Gasteiger partial charge in [-0.15, -0.1) is 0 Å².